The molecule has 0 spiro atoms. The fraction of sp³-hybridized carbons (Fsp3) is 0.368. The van der Waals surface area contributed by atoms with E-state index in [0.717, 1.165) is 25.9 Å². The minimum atomic E-state index is -0.285. The van der Waals surface area contributed by atoms with Crippen LogP contribution in [0.4, 0.5) is 0 Å². The molecule has 25 heavy (non-hydrogen) atoms. The van der Waals surface area contributed by atoms with Crippen LogP contribution in [0.3, 0.4) is 0 Å². The molecule has 0 saturated carbocycles. The summed E-state index contributed by atoms with van der Waals surface area (Å²) in [6.07, 6.45) is 2.18. The molecule has 0 aromatic heterocycles. The molecule has 0 unspecified atom stereocenters. The average molecular weight is 343 g/mol. The van der Waals surface area contributed by atoms with Gasteiger partial charge in [0.15, 0.2) is 23.0 Å². The first-order chi connectivity index (χ1) is 12.2. The van der Waals surface area contributed by atoms with Crippen LogP contribution in [-0.4, -0.2) is 42.1 Å². The van der Waals surface area contributed by atoms with E-state index in [-0.39, 0.29) is 24.3 Å². The van der Waals surface area contributed by atoms with Gasteiger partial charge in [-0.1, -0.05) is 12.1 Å². The Morgan fingerprint density at radius 2 is 1.76 bits per heavy atom. The highest BCUT2D eigenvalue weighted by Crippen LogP contribution is 2.46. The molecule has 2 aromatic carbocycles. The molecule has 0 amide bonds. The Bertz CT molecular complexity index is 786. The summed E-state index contributed by atoms with van der Waals surface area (Å²) in [5, 5.41) is 21.3. The van der Waals surface area contributed by atoms with Crippen LogP contribution < -0.4 is 14.2 Å². The van der Waals surface area contributed by atoms with E-state index in [1.165, 1.54) is 7.11 Å². The molecule has 6 nitrogen and oxygen atoms in total. The van der Waals surface area contributed by atoms with Crippen molar-refractivity contribution < 1.29 is 24.4 Å². The third-order valence-corrected chi connectivity index (χ3v) is 4.87. The summed E-state index contributed by atoms with van der Waals surface area (Å²) in [5.41, 5.74) is 1.39. The zero-order valence-electron chi connectivity index (χ0n) is 14.1. The number of ether oxygens (including phenoxy) is 3. The first-order valence-corrected chi connectivity index (χ1v) is 8.41. The number of hydrogen-bond donors (Lipinski definition) is 2. The molecule has 1 atom stereocenters. The van der Waals surface area contributed by atoms with E-state index in [4.69, 9.17) is 14.2 Å². The van der Waals surface area contributed by atoms with Gasteiger partial charge in [-0.2, -0.15) is 0 Å². The van der Waals surface area contributed by atoms with Crippen molar-refractivity contribution in [2.45, 2.75) is 18.9 Å². The first kappa shape index (κ1) is 15.9. The molecule has 2 aliphatic heterocycles. The number of phenolic OH excluding ortho intramolecular Hbond substituents is 2. The van der Waals surface area contributed by atoms with Gasteiger partial charge in [0.2, 0.25) is 6.79 Å². The van der Waals surface area contributed by atoms with E-state index in [1.807, 2.05) is 12.1 Å². The summed E-state index contributed by atoms with van der Waals surface area (Å²) in [6.45, 7) is 1.95. The van der Waals surface area contributed by atoms with Crippen LogP contribution in [0.5, 0.6) is 28.7 Å². The van der Waals surface area contributed by atoms with Crippen LogP contribution in [-0.2, 0) is 0 Å². The number of aromatic hydroxyl groups is 2. The third kappa shape index (κ3) is 2.72. The summed E-state index contributed by atoms with van der Waals surface area (Å²) in [5.74, 6) is 1.79. The molecule has 2 aliphatic rings. The molecule has 1 saturated heterocycles. The molecule has 4 rings (SSSR count). The Kier molecular flexibility index (Phi) is 4.05. The van der Waals surface area contributed by atoms with Gasteiger partial charge in [0.05, 0.1) is 13.2 Å². The number of nitrogens with zero attached hydrogens (tertiary/aromatic N) is 1. The Balaban J connectivity index is 1.85. The first-order valence-electron chi connectivity index (χ1n) is 8.41. The molecule has 0 radical (unpaired) electrons. The van der Waals surface area contributed by atoms with E-state index in [2.05, 4.69) is 4.90 Å². The van der Waals surface area contributed by atoms with Gasteiger partial charge in [-0.3, -0.25) is 4.90 Å². The van der Waals surface area contributed by atoms with Crippen LogP contribution >= 0.6 is 0 Å². The zero-order chi connectivity index (χ0) is 17.4. The molecular weight excluding hydrogens is 322 g/mol. The fourth-order valence-electron chi connectivity index (χ4n) is 3.65. The summed E-state index contributed by atoms with van der Waals surface area (Å²) in [6, 6.07) is 8.54. The topological polar surface area (TPSA) is 71.4 Å². The predicted octanol–water partition coefficient (Wildman–Crippen LogP) is 3.02. The lowest BCUT2D eigenvalue weighted by Gasteiger charge is -2.30. The zero-order valence-corrected chi connectivity index (χ0v) is 14.1. The van der Waals surface area contributed by atoms with Crippen LogP contribution in [0.1, 0.15) is 30.0 Å². The largest absolute Gasteiger partial charge is 0.507 e. The van der Waals surface area contributed by atoms with Crippen molar-refractivity contribution in [2.75, 3.05) is 27.0 Å². The second-order valence-corrected chi connectivity index (χ2v) is 6.31. The van der Waals surface area contributed by atoms with Gasteiger partial charge >= 0.3 is 0 Å². The van der Waals surface area contributed by atoms with Crippen molar-refractivity contribution in [1.82, 2.24) is 4.90 Å². The fourth-order valence-corrected chi connectivity index (χ4v) is 3.65. The molecule has 0 bridgehead atoms. The van der Waals surface area contributed by atoms with Gasteiger partial charge < -0.3 is 24.4 Å². The Morgan fingerprint density at radius 1 is 1.04 bits per heavy atom. The maximum Gasteiger partial charge on any atom is 0.231 e. The molecule has 1 fully saturated rings. The lowest BCUT2D eigenvalue weighted by Crippen LogP contribution is -2.26. The van der Waals surface area contributed by atoms with E-state index >= 15 is 0 Å². The number of methoxy groups -OCH3 is 1. The minimum Gasteiger partial charge on any atom is -0.507 e. The van der Waals surface area contributed by atoms with Crippen LogP contribution in [0.15, 0.2) is 30.3 Å². The van der Waals surface area contributed by atoms with Crippen LogP contribution in [0.2, 0.25) is 0 Å². The van der Waals surface area contributed by atoms with Gasteiger partial charge in [-0.15, -0.1) is 0 Å². The minimum absolute atomic E-state index is 0.0963. The van der Waals surface area contributed by atoms with E-state index in [0.29, 0.717) is 28.4 Å². The standard InChI is InChI=1S/C19H21NO5/c1-23-15-6-4-5-12(19(15)22)18(20-7-2-3-8-20)13-9-16-17(10-14(13)21)25-11-24-16/h4-6,9-10,18,21-22H,2-3,7-8,11H2,1H3/t18-/m1/s1. The van der Waals surface area contributed by atoms with Crippen molar-refractivity contribution in [2.24, 2.45) is 0 Å². The van der Waals surface area contributed by atoms with E-state index < -0.39 is 0 Å². The maximum atomic E-state index is 10.7. The smallest absolute Gasteiger partial charge is 0.231 e. The molecule has 0 aliphatic carbocycles. The summed E-state index contributed by atoms with van der Waals surface area (Å²) < 4.78 is 16.1. The normalized spacial score (nSPS) is 17.6. The highest BCUT2D eigenvalue weighted by molar-refractivity contribution is 5.57. The van der Waals surface area contributed by atoms with Gasteiger partial charge in [0, 0.05) is 17.2 Å². The van der Waals surface area contributed by atoms with Gasteiger partial charge in [-0.05, 0) is 38.1 Å². The van der Waals surface area contributed by atoms with Crippen molar-refractivity contribution >= 4 is 0 Å². The van der Waals surface area contributed by atoms with Gasteiger partial charge in [-0.25, -0.2) is 0 Å². The Morgan fingerprint density at radius 3 is 2.48 bits per heavy atom. The quantitative estimate of drug-likeness (QED) is 0.889. The lowest BCUT2D eigenvalue weighted by molar-refractivity contribution is 0.173. The third-order valence-electron chi connectivity index (χ3n) is 4.87. The average Bonchev–Trinajstić information content (AvgIpc) is 3.28. The lowest BCUT2D eigenvalue weighted by atomic mass is 9.94. The molecule has 132 valence electrons. The van der Waals surface area contributed by atoms with E-state index in [1.54, 1.807) is 18.2 Å². The van der Waals surface area contributed by atoms with Gasteiger partial charge in [0.1, 0.15) is 5.75 Å². The predicted molar refractivity (Wildman–Crippen MR) is 91.5 cm³/mol. The van der Waals surface area contributed by atoms with Crippen molar-refractivity contribution in [3.8, 4) is 28.7 Å². The van der Waals surface area contributed by atoms with Crippen LogP contribution in [0, 0.1) is 0 Å². The highest BCUT2D eigenvalue weighted by atomic mass is 16.7. The van der Waals surface area contributed by atoms with Gasteiger partial charge in [0.25, 0.3) is 0 Å². The number of benzene rings is 2. The number of likely N-dealkylation sites (tertiary alicyclic amines) is 1. The molecule has 2 heterocycles. The SMILES string of the molecule is COc1cccc([C@H](c2cc3c(cc2O)OCO3)N2CCCC2)c1O. The van der Waals surface area contributed by atoms with E-state index in [9.17, 15) is 10.2 Å². The number of rotatable bonds is 4. The number of para-hydroxylation sites is 1. The molecule has 6 heteroatoms. The summed E-state index contributed by atoms with van der Waals surface area (Å²) in [7, 11) is 1.53. The van der Waals surface area contributed by atoms with Crippen molar-refractivity contribution in [3.63, 3.8) is 0 Å². The Hall–Kier alpha value is -2.60. The summed E-state index contributed by atoms with van der Waals surface area (Å²) >= 11 is 0. The summed E-state index contributed by atoms with van der Waals surface area (Å²) in [4.78, 5) is 2.26. The monoisotopic (exact) mass is 343 g/mol. The highest BCUT2D eigenvalue weighted by Gasteiger charge is 2.32. The number of fused-ring (bicyclic) bond motifs is 1. The molecular formula is C19H21NO5. The van der Waals surface area contributed by atoms with Crippen LogP contribution in [0.25, 0.3) is 0 Å². The van der Waals surface area contributed by atoms with Crippen molar-refractivity contribution in [3.05, 3.63) is 41.5 Å². The second kappa shape index (κ2) is 6.37. The molecule has 2 N–H and O–H groups in total. The Labute approximate surface area is 146 Å². The molecule has 2 aromatic rings. The second-order valence-electron chi connectivity index (χ2n) is 6.31. The van der Waals surface area contributed by atoms with Crippen molar-refractivity contribution in [1.29, 1.82) is 0 Å². The number of hydrogen-bond acceptors (Lipinski definition) is 6. The maximum absolute atomic E-state index is 10.7. The number of phenols is 2.